The van der Waals surface area contributed by atoms with Crippen LogP contribution in [-0.2, 0) is 4.79 Å². The third-order valence-electron chi connectivity index (χ3n) is 0.680. The topological polar surface area (TPSA) is 69.9 Å². The lowest BCUT2D eigenvalue weighted by Crippen LogP contribution is -2.17. The molecule has 0 amide bonds. The minimum Gasteiger partial charge on any atom is -0.312 e. The Labute approximate surface area is 56.0 Å². The van der Waals surface area contributed by atoms with Gasteiger partial charge in [0.2, 0.25) is 0 Å². The highest BCUT2D eigenvalue weighted by Gasteiger charge is 1.96. The van der Waals surface area contributed by atoms with Gasteiger partial charge in [-0.15, -0.1) is 5.10 Å². The summed E-state index contributed by atoms with van der Waals surface area (Å²) in [6.07, 6.45) is 2.17. The second-order valence-corrected chi connectivity index (χ2v) is 1.33. The molecule has 0 radical (unpaired) electrons. The van der Waals surface area contributed by atoms with Crippen LogP contribution >= 0.6 is 0 Å². The number of nitrogens with zero attached hydrogens (tertiary/aromatic N) is 4. The molecule has 0 spiro atoms. The summed E-state index contributed by atoms with van der Waals surface area (Å²) in [5.41, 5.74) is 0. The van der Waals surface area contributed by atoms with E-state index in [4.69, 9.17) is 0 Å². The number of hydrogen-bond donors (Lipinski definition) is 0. The number of rotatable bonds is 2. The number of hydrogen-bond acceptors (Lipinski definition) is 5. The van der Waals surface area contributed by atoms with Crippen molar-refractivity contribution in [2.24, 2.45) is 0 Å². The average molecular weight is 140 g/mol. The lowest BCUT2D eigenvalue weighted by Gasteiger charge is -1.93. The smallest absolute Gasteiger partial charge is 0.312 e. The Balaban J connectivity index is 2.56. The van der Waals surface area contributed by atoms with Gasteiger partial charge in [0.15, 0.2) is 6.33 Å². The van der Waals surface area contributed by atoms with Gasteiger partial charge < -0.3 is 4.84 Å². The maximum absolute atomic E-state index is 10.4. The van der Waals surface area contributed by atoms with E-state index in [0.29, 0.717) is 0 Å². The van der Waals surface area contributed by atoms with Gasteiger partial charge in [0.25, 0.3) is 0 Å². The summed E-state index contributed by atoms with van der Waals surface area (Å²) in [7, 11) is 0. The van der Waals surface area contributed by atoms with E-state index in [-0.39, 0.29) is 0 Å². The van der Waals surface area contributed by atoms with Crippen LogP contribution in [0.5, 0.6) is 0 Å². The van der Waals surface area contributed by atoms with Crippen molar-refractivity contribution in [3.63, 3.8) is 0 Å². The van der Waals surface area contributed by atoms with Crippen LogP contribution in [0.4, 0.5) is 0 Å². The third-order valence-corrected chi connectivity index (χ3v) is 0.680. The molecule has 0 saturated carbocycles. The molecule has 1 aromatic rings. The molecule has 1 heterocycles. The molecule has 0 unspecified atom stereocenters. The Kier molecular flexibility index (Phi) is 1.74. The van der Waals surface area contributed by atoms with Gasteiger partial charge in [0.05, 0.1) is 0 Å². The zero-order valence-corrected chi connectivity index (χ0v) is 4.97. The molecule has 0 atom stereocenters. The first-order valence-corrected chi connectivity index (χ1v) is 2.40. The van der Waals surface area contributed by atoms with E-state index in [0.717, 1.165) is 17.2 Å². The zero-order chi connectivity index (χ0) is 7.40. The van der Waals surface area contributed by atoms with E-state index >= 15 is 0 Å². The molecule has 1 aromatic heterocycles. The summed E-state index contributed by atoms with van der Waals surface area (Å²) in [6, 6.07) is 0. The van der Waals surface area contributed by atoms with Gasteiger partial charge in [-0.05, 0) is 10.4 Å². The number of carbonyl (C=O) groups excluding carboxylic acids is 1. The van der Waals surface area contributed by atoms with Crippen LogP contribution in [0.25, 0.3) is 0 Å². The van der Waals surface area contributed by atoms with E-state index in [1.54, 1.807) is 0 Å². The molecule has 0 bridgehead atoms. The fourth-order valence-corrected chi connectivity index (χ4v) is 0.324. The van der Waals surface area contributed by atoms with Gasteiger partial charge in [-0.25, -0.2) is 4.79 Å². The second kappa shape index (κ2) is 2.72. The van der Waals surface area contributed by atoms with E-state index < -0.39 is 5.97 Å². The van der Waals surface area contributed by atoms with Crippen LogP contribution in [0.3, 0.4) is 0 Å². The number of carbonyl (C=O) groups is 1. The predicted molar refractivity (Wildman–Crippen MR) is 29.6 cm³/mol. The minimum absolute atomic E-state index is 0.604. The van der Waals surface area contributed by atoms with E-state index in [1.165, 1.54) is 0 Å². The Morgan fingerprint density at radius 2 is 2.60 bits per heavy atom. The highest BCUT2D eigenvalue weighted by Crippen LogP contribution is 1.72. The van der Waals surface area contributed by atoms with Crippen LogP contribution in [-0.4, -0.2) is 26.3 Å². The Morgan fingerprint density at radius 1 is 1.80 bits per heavy atom. The molecule has 1 rings (SSSR count). The maximum Gasteiger partial charge on any atom is 0.358 e. The number of aromatic nitrogens is 4. The van der Waals surface area contributed by atoms with Crippen molar-refractivity contribution in [2.75, 3.05) is 0 Å². The fraction of sp³-hybridized carbons (Fsp3) is 0. The zero-order valence-electron chi connectivity index (χ0n) is 4.97. The summed E-state index contributed by atoms with van der Waals surface area (Å²) < 4.78 is 0. The first-order valence-electron chi connectivity index (χ1n) is 2.40. The van der Waals surface area contributed by atoms with Crippen LogP contribution < -0.4 is 4.84 Å². The van der Waals surface area contributed by atoms with Gasteiger partial charge in [0.1, 0.15) is 0 Å². The van der Waals surface area contributed by atoms with Crippen molar-refractivity contribution in [2.45, 2.75) is 0 Å². The molecular formula is C4H4N4O2. The normalized spacial score (nSPS) is 8.80. The van der Waals surface area contributed by atoms with Crippen LogP contribution in [0.1, 0.15) is 0 Å². The molecule has 10 heavy (non-hydrogen) atoms. The molecule has 0 aliphatic heterocycles. The van der Waals surface area contributed by atoms with Crippen molar-refractivity contribution in [3.05, 3.63) is 19.0 Å². The van der Waals surface area contributed by atoms with E-state index in [9.17, 15) is 4.79 Å². The first-order chi connectivity index (χ1) is 4.83. The molecule has 0 aliphatic carbocycles. The summed E-state index contributed by atoms with van der Waals surface area (Å²) in [5, 5.41) is 9.73. The minimum atomic E-state index is -0.604. The van der Waals surface area contributed by atoms with Crippen LogP contribution in [0.15, 0.2) is 19.0 Å². The summed E-state index contributed by atoms with van der Waals surface area (Å²) in [4.78, 5) is 15.7. The molecule has 52 valence electrons. The highest BCUT2D eigenvalue weighted by atomic mass is 16.7. The van der Waals surface area contributed by atoms with Gasteiger partial charge in [-0.1, -0.05) is 11.4 Å². The van der Waals surface area contributed by atoms with Crippen molar-refractivity contribution in [3.8, 4) is 0 Å². The van der Waals surface area contributed by atoms with Crippen molar-refractivity contribution in [1.29, 1.82) is 0 Å². The van der Waals surface area contributed by atoms with Crippen LogP contribution in [0, 0.1) is 0 Å². The van der Waals surface area contributed by atoms with E-state index in [1.807, 2.05) is 0 Å². The quantitative estimate of drug-likeness (QED) is 0.381. The summed E-state index contributed by atoms with van der Waals surface area (Å²) >= 11 is 0. The SMILES string of the molecule is C=CC(=O)On1cnnn1. The molecule has 0 fully saturated rings. The molecule has 0 aliphatic rings. The van der Waals surface area contributed by atoms with Gasteiger partial charge in [-0.2, -0.15) is 0 Å². The van der Waals surface area contributed by atoms with Gasteiger partial charge in [0, 0.05) is 6.08 Å². The standard InChI is InChI=1S/C4H4N4O2/c1-2-4(9)10-8-3-5-6-7-8/h2-3H,1H2. The van der Waals surface area contributed by atoms with Gasteiger partial charge in [-0.3, -0.25) is 0 Å². The molecule has 6 heteroatoms. The lowest BCUT2D eigenvalue weighted by molar-refractivity contribution is -0.140. The van der Waals surface area contributed by atoms with Gasteiger partial charge >= 0.3 is 5.97 Å². The second-order valence-electron chi connectivity index (χ2n) is 1.33. The summed E-state index contributed by atoms with van der Waals surface area (Å²) in [5.74, 6) is -0.604. The van der Waals surface area contributed by atoms with Crippen molar-refractivity contribution in [1.82, 2.24) is 20.4 Å². The Hall–Kier alpha value is -1.72. The lowest BCUT2D eigenvalue weighted by atomic mass is 10.7. The highest BCUT2D eigenvalue weighted by molar-refractivity contribution is 5.81. The largest absolute Gasteiger partial charge is 0.358 e. The molecular weight excluding hydrogens is 136 g/mol. The predicted octanol–water partition coefficient (Wildman–Crippen LogP) is -1.19. The molecule has 0 aromatic carbocycles. The van der Waals surface area contributed by atoms with E-state index in [2.05, 4.69) is 26.9 Å². The Morgan fingerprint density at radius 3 is 3.10 bits per heavy atom. The molecule has 0 saturated heterocycles. The monoisotopic (exact) mass is 140 g/mol. The molecule has 6 nitrogen and oxygen atoms in total. The summed E-state index contributed by atoms with van der Waals surface area (Å²) in [6.45, 7) is 3.18. The van der Waals surface area contributed by atoms with Crippen molar-refractivity contribution >= 4 is 5.97 Å². The van der Waals surface area contributed by atoms with Crippen LogP contribution in [0.2, 0.25) is 0 Å². The Bertz CT molecular complexity index is 229. The first kappa shape index (κ1) is 6.40. The molecule has 0 N–H and O–H groups in total. The third kappa shape index (κ3) is 1.38. The fourth-order valence-electron chi connectivity index (χ4n) is 0.324. The van der Waals surface area contributed by atoms with Crippen molar-refractivity contribution < 1.29 is 9.63 Å². The number of tetrazole rings is 1. The average Bonchev–Trinajstić information content (AvgIpc) is 2.40. The maximum atomic E-state index is 10.4.